The third-order valence-electron chi connectivity index (χ3n) is 4.43. The molecule has 0 unspecified atom stereocenters. The van der Waals surface area contributed by atoms with E-state index in [1.165, 1.54) is 11.8 Å². The molecule has 1 N–H and O–H groups in total. The van der Waals surface area contributed by atoms with Gasteiger partial charge in [0.25, 0.3) is 0 Å². The number of carbonyl (C=O) groups is 1. The zero-order valence-electron chi connectivity index (χ0n) is 15.7. The molecule has 0 atom stereocenters. The smallest absolute Gasteiger partial charge is 0.234 e. The number of carbonyl (C=O) groups excluding carboxylic acids is 1. The summed E-state index contributed by atoms with van der Waals surface area (Å²) < 4.78 is 3.95. The van der Waals surface area contributed by atoms with Crippen molar-refractivity contribution in [2.45, 2.75) is 18.6 Å². The minimum absolute atomic E-state index is 0.0704. The van der Waals surface area contributed by atoms with E-state index in [2.05, 4.69) is 20.5 Å². The largest absolute Gasteiger partial charge is 0.325 e. The van der Waals surface area contributed by atoms with Gasteiger partial charge in [-0.1, -0.05) is 41.6 Å². The fourth-order valence-corrected chi connectivity index (χ4v) is 3.59. The number of fused-ring (bicyclic) bond motifs is 1. The van der Waals surface area contributed by atoms with Crippen LogP contribution in [0, 0.1) is 6.92 Å². The van der Waals surface area contributed by atoms with Crippen LogP contribution in [0.3, 0.4) is 0 Å². The Bertz CT molecular complexity index is 1120. The Kier molecular flexibility index (Phi) is 5.12. The zero-order valence-corrected chi connectivity index (χ0v) is 16.5. The summed E-state index contributed by atoms with van der Waals surface area (Å²) in [7, 11) is 1.91. The number of hydrogen-bond donors (Lipinski definition) is 1. The molecule has 0 saturated heterocycles. The summed E-state index contributed by atoms with van der Waals surface area (Å²) in [6.07, 6.45) is 1.81. The van der Waals surface area contributed by atoms with E-state index in [1.54, 1.807) is 6.33 Å². The average Bonchev–Trinajstić information content (AvgIpc) is 3.27. The third kappa shape index (κ3) is 3.91. The van der Waals surface area contributed by atoms with E-state index in [1.807, 2.05) is 71.6 Å². The van der Waals surface area contributed by atoms with E-state index >= 15 is 0 Å². The average molecular weight is 392 g/mol. The van der Waals surface area contributed by atoms with E-state index in [-0.39, 0.29) is 11.7 Å². The number of aromatic nitrogens is 5. The lowest BCUT2D eigenvalue weighted by molar-refractivity contribution is -0.113. The SMILES string of the molecule is Cc1ccc(NC(=O)CSc2nnc(Cn3cnc4ccccc43)n2C)cc1. The molecule has 28 heavy (non-hydrogen) atoms. The van der Waals surface area contributed by atoms with Crippen molar-refractivity contribution in [2.24, 2.45) is 7.05 Å². The molecule has 0 aliphatic carbocycles. The van der Waals surface area contributed by atoms with Gasteiger partial charge in [-0.05, 0) is 31.2 Å². The Morgan fingerprint density at radius 3 is 2.71 bits per heavy atom. The Balaban J connectivity index is 1.39. The number of amides is 1. The molecule has 0 saturated carbocycles. The lowest BCUT2D eigenvalue weighted by Crippen LogP contribution is -2.14. The van der Waals surface area contributed by atoms with Crippen LogP contribution in [0.2, 0.25) is 0 Å². The summed E-state index contributed by atoms with van der Waals surface area (Å²) in [6.45, 7) is 2.58. The maximum absolute atomic E-state index is 12.2. The second-order valence-electron chi connectivity index (χ2n) is 6.52. The molecule has 7 nitrogen and oxygen atoms in total. The summed E-state index contributed by atoms with van der Waals surface area (Å²) >= 11 is 1.37. The molecular weight excluding hydrogens is 372 g/mol. The number of nitrogens with one attached hydrogen (secondary N) is 1. The fraction of sp³-hybridized carbons (Fsp3) is 0.200. The van der Waals surface area contributed by atoms with Crippen LogP contribution < -0.4 is 5.32 Å². The standard InChI is InChI=1S/C20H20N6OS/c1-14-7-9-15(10-8-14)22-19(27)12-28-20-24-23-18(25(20)2)11-26-13-21-16-5-3-4-6-17(16)26/h3-10,13H,11-12H2,1-2H3,(H,22,27). The van der Waals surface area contributed by atoms with Crippen LogP contribution in [0.25, 0.3) is 11.0 Å². The van der Waals surface area contributed by atoms with Gasteiger partial charge >= 0.3 is 0 Å². The Labute approximate surface area is 166 Å². The quantitative estimate of drug-likeness (QED) is 0.510. The highest BCUT2D eigenvalue weighted by atomic mass is 32.2. The van der Waals surface area contributed by atoms with Crippen LogP contribution in [0.1, 0.15) is 11.4 Å². The summed E-state index contributed by atoms with van der Waals surface area (Å²) in [6, 6.07) is 15.7. The molecule has 4 rings (SSSR count). The van der Waals surface area contributed by atoms with Crippen molar-refractivity contribution >= 4 is 34.4 Å². The van der Waals surface area contributed by atoms with Gasteiger partial charge in [0, 0.05) is 12.7 Å². The summed E-state index contributed by atoms with van der Waals surface area (Å²) in [5, 5.41) is 12.1. The van der Waals surface area contributed by atoms with Crippen LogP contribution >= 0.6 is 11.8 Å². The Morgan fingerprint density at radius 2 is 1.89 bits per heavy atom. The number of nitrogens with zero attached hydrogens (tertiary/aromatic N) is 5. The van der Waals surface area contributed by atoms with Crippen molar-refractivity contribution in [1.82, 2.24) is 24.3 Å². The van der Waals surface area contributed by atoms with Gasteiger partial charge in [-0.25, -0.2) is 4.98 Å². The first kappa shape index (κ1) is 18.2. The van der Waals surface area contributed by atoms with Crippen molar-refractivity contribution in [3.8, 4) is 0 Å². The van der Waals surface area contributed by atoms with Gasteiger partial charge < -0.3 is 14.5 Å². The number of hydrogen-bond acceptors (Lipinski definition) is 5. The predicted molar refractivity (Wildman–Crippen MR) is 110 cm³/mol. The topological polar surface area (TPSA) is 77.6 Å². The number of imidazole rings is 1. The van der Waals surface area contributed by atoms with Crippen molar-refractivity contribution < 1.29 is 4.79 Å². The molecule has 2 heterocycles. The third-order valence-corrected chi connectivity index (χ3v) is 5.45. The van der Waals surface area contributed by atoms with Crippen LogP contribution in [0.5, 0.6) is 0 Å². The van der Waals surface area contributed by atoms with Crippen molar-refractivity contribution in [1.29, 1.82) is 0 Å². The molecule has 4 aromatic rings. The number of aryl methyl sites for hydroxylation is 1. The zero-order chi connectivity index (χ0) is 19.5. The number of benzene rings is 2. The Morgan fingerprint density at radius 1 is 1.11 bits per heavy atom. The van der Waals surface area contributed by atoms with Gasteiger partial charge in [-0.3, -0.25) is 4.79 Å². The van der Waals surface area contributed by atoms with E-state index in [9.17, 15) is 4.79 Å². The summed E-state index contributed by atoms with van der Waals surface area (Å²) in [4.78, 5) is 16.6. The predicted octanol–water partition coefficient (Wildman–Crippen LogP) is 3.25. The van der Waals surface area contributed by atoms with Gasteiger partial charge in [0.2, 0.25) is 5.91 Å². The van der Waals surface area contributed by atoms with Gasteiger partial charge in [0.15, 0.2) is 11.0 Å². The molecule has 0 aliphatic heterocycles. The lowest BCUT2D eigenvalue weighted by Gasteiger charge is -2.07. The summed E-state index contributed by atoms with van der Waals surface area (Å²) in [5.74, 6) is 1.01. The maximum atomic E-state index is 12.2. The molecule has 0 radical (unpaired) electrons. The van der Waals surface area contributed by atoms with Gasteiger partial charge in [0.05, 0.1) is 29.7 Å². The molecule has 0 aliphatic rings. The number of rotatable bonds is 6. The number of thioether (sulfide) groups is 1. The lowest BCUT2D eigenvalue weighted by atomic mass is 10.2. The van der Waals surface area contributed by atoms with Crippen molar-refractivity contribution in [3.05, 3.63) is 66.2 Å². The minimum Gasteiger partial charge on any atom is -0.325 e. The van der Waals surface area contributed by atoms with E-state index in [0.29, 0.717) is 11.7 Å². The molecule has 2 aromatic carbocycles. The molecule has 1 amide bonds. The van der Waals surface area contributed by atoms with E-state index in [4.69, 9.17) is 0 Å². The highest BCUT2D eigenvalue weighted by Crippen LogP contribution is 2.18. The molecule has 2 aromatic heterocycles. The number of para-hydroxylation sites is 2. The fourth-order valence-electron chi connectivity index (χ4n) is 2.86. The van der Waals surface area contributed by atoms with Gasteiger partial charge in [0.1, 0.15) is 0 Å². The van der Waals surface area contributed by atoms with Crippen LogP contribution in [0.4, 0.5) is 5.69 Å². The van der Waals surface area contributed by atoms with Crippen LogP contribution in [-0.4, -0.2) is 36.0 Å². The second kappa shape index (κ2) is 7.85. The van der Waals surface area contributed by atoms with Crippen LogP contribution in [-0.2, 0) is 18.4 Å². The second-order valence-corrected chi connectivity index (χ2v) is 7.46. The van der Waals surface area contributed by atoms with Crippen molar-refractivity contribution in [2.75, 3.05) is 11.1 Å². The maximum Gasteiger partial charge on any atom is 0.234 e. The molecule has 0 fully saturated rings. The van der Waals surface area contributed by atoms with Crippen molar-refractivity contribution in [3.63, 3.8) is 0 Å². The molecule has 142 valence electrons. The first-order valence-corrected chi connectivity index (χ1v) is 9.86. The molecule has 0 spiro atoms. The monoisotopic (exact) mass is 392 g/mol. The highest BCUT2D eigenvalue weighted by Gasteiger charge is 2.13. The highest BCUT2D eigenvalue weighted by molar-refractivity contribution is 7.99. The van der Waals surface area contributed by atoms with Gasteiger partial charge in [-0.15, -0.1) is 10.2 Å². The first-order valence-electron chi connectivity index (χ1n) is 8.87. The van der Waals surface area contributed by atoms with Gasteiger partial charge in [-0.2, -0.15) is 0 Å². The van der Waals surface area contributed by atoms with E-state index < -0.39 is 0 Å². The Hall–Kier alpha value is -3.13. The molecular formula is C20H20N6OS. The minimum atomic E-state index is -0.0704. The van der Waals surface area contributed by atoms with Crippen LogP contribution in [0.15, 0.2) is 60.0 Å². The van der Waals surface area contributed by atoms with E-state index in [0.717, 1.165) is 28.1 Å². The molecule has 8 heteroatoms. The number of anilines is 1. The summed E-state index contributed by atoms with van der Waals surface area (Å²) in [5.41, 5.74) is 3.95. The normalized spacial score (nSPS) is 11.1. The molecule has 0 bridgehead atoms. The first-order chi connectivity index (χ1) is 13.6.